The van der Waals surface area contributed by atoms with Crippen molar-refractivity contribution >= 4 is 0 Å². The van der Waals surface area contributed by atoms with Crippen molar-refractivity contribution in [1.82, 2.24) is 5.16 Å². The van der Waals surface area contributed by atoms with Crippen molar-refractivity contribution in [1.29, 1.82) is 0 Å². The van der Waals surface area contributed by atoms with Gasteiger partial charge >= 0.3 is 0 Å². The SMILES string of the molecule is Oc1noc2c1CCCC2. The molecule has 1 heterocycles. The molecule has 54 valence electrons. The molecule has 2 rings (SSSR count). The monoisotopic (exact) mass is 139 g/mol. The number of nitrogens with zero attached hydrogens (tertiary/aromatic N) is 1. The third-order valence-electron chi connectivity index (χ3n) is 1.93. The summed E-state index contributed by atoms with van der Waals surface area (Å²) < 4.78 is 4.89. The summed E-state index contributed by atoms with van der Waals surface area (Å²) in [6.07, 6.45) is 4.15. The van der Waals surface area contributed by atoms with Gasteiger partial charge in [-0.2, -0.15) is 0 Å². The molecule has 0 radical (unpaired) electrons. The maximum atomic E-state index is 9.09. The molecule has 1 aromatic rings. The molecule has 0 aliphatic heterocycles. The van der Waals surface area contributed by atoms with E-state index in [1.807, 2.05) is 0 Å². The van der Waals surface area contributed by atoms with E-state index < -0.39 is 0 Å². The van der Waals surface area contributed by atoms with Crippen LogP contribution in [0.2, 0.25) is 0 Å². The van der Waals surface area contributed by atoms with Crippen molar-refractivity contribution in [3.8, 4) is 5.88 Å². The Labute approximate surface area is 58.6 Å². The zero-order chi connectivity index (χ0) is 6.97. The van der Waals surface area contributed by atoms with Crippen LogP contribution < -0.4 is 0 Å². The fourth-order valence-electron chi connectivity index (χ4n) is 1.37. The lowest BCUT2D eigenvalue weighted by atomic mass is 9.99. The highest BCUT2D eigenvalue weighted by molar-refractivity contribution is 5.28. The topological polar surface area (TPSA) is 46.3 Å². The number of aromatic hydroxyl groups is 1. The molecule has 0 fully saturated rings. The molecule has 0 amide bonds. The van der Waals surface area contributed by atoms with Crippen LogP contribution in [0, 0.1) is 0 Å². The fraction of sp³-hybridized carbons (Fsp3) is 0.571. The standard InChI is InChI=1S/C7H9NO2/c9-7-5-3-1-2-4-6(5)10-8-7/h1-4H2,(H,8,9). The molecule has 3 nitrogen and oxygen atoms in total. The van der Waals surface area contributed by atoms with Crippen molar-refractivity contribution in [2.24, 2.45) is 0 Å². The number of rotatable bonds is 0. The van der Waals surface area contributed by atoms with E-state index in [1.54, 1.807) is 0 Å². The molecular weight excluding hydrogens is 130 g/mol. The first-order valence-corrected chi connectivity index (χ1v) is 3.54. The van der Waals surface area contributed by atoms with Gasteiger partial charge in [0.25, 0.3) is 5.88 Å². The van der Waals surface area contributed by atoms with Crippen LogP contribution in [0.25, 0.3) is 0 Å². The fourth-order valence-corrected chi connectivity index (χ4v) is 1.37. The molecule has 0 saturated carbocycles. The summed E-state index contributed by atoms with van der Waals surface area (Å²) in [7, 11) is 0. The minimum absolute atomic E-state index is 0.0923. The van der Waals surface area contributed by atoms with Gasteiger partial charge in [-0.3, -0.25) is 0 Å². The first-order valence-electron chi connectivity index (χ1n) is 3.54. The van der Waals surface area contributed by atoms with Crippen molar-refractivity contribution in [2.45, 2.75) is 25.7 Å². The molecule has 3 heteroatoms. The summed E-state index contributed by atoms with van der Waals surface area (Å²) in [6, 6.07) is 0. The number of fused-ring (bicyclic) bond motifs is 1. The Morgan fingerprint density at radius 3 is 2.90 bits per heavy atom. The third kappa shape index (κ3) is 0.701. The zero-order valence-electron chi connectivity index (χ0n) is 5.63. The minimum atomic E-state index is 0.0923. The lowest BCUT2D eigenvalue weighted by molar-refractivity contribution is 0.339. The first kappa shape index (κ1) is 5.77. The molecule has 10 heavy (non-hydrogen) atoms. The number of aryl methyl sites for hydroxylation is 1. The van der Waals surface area contributed by atoms with Crippen LogP contribution in [-0.4, -0.2) is 10.3 Å². The quantitative estimate of drug-likeness (QED) is 0.588. The molecular formula is C7H9NO2. The second-order valence-corrected chi connectivity index (χ2v) is 2.62. The van der Waals surface area contributed by atoms with Crippen LogP contribution in [0.5, 0.6) is 5.88 Å². The van der Waals surface area contributed by atoms with Gasteiger partial charge in [0.15, 0.2) is 0 Å². The van der Waals surface area contributed by atoms with E-state index in [-0.39, 0.29) is 5.88 Å². The Morgan fingerprint density at radius 2 is 2.10 bits per heavy atom. The van der Waals surface area contributed by atoms with Gasteiger partial charge in [0.1, 0.15) is 5.76 Å². The maximum Gasteiger partial charge on any atom is 0.255 e. The Hall–Kier alpha value is -0.990. The molecule has 0 saturated heterocycles. The van der Waals surface area contributed by atoms with Gasteiger partial charge in [0.05, 0.1) is 5.56 Å². The van der Waals surface area contributed by atoms with Crippen molar-refractivity contribution in [2.75, 3.05) is 0 Å². The van der Waals surface area contributed by atoms with Gasteiger partial charge in [0, 0.05) is 6.42 Å². The van der Waals surface area contributed by atoms with Gasteiger partial charge in [-0.25, -0.2) is 0 Å². The van der Waals surface area contributed by atoms with E-state index in [0.717, 1.165) is 37.0 Å². The smallest absolute Gasteiger partial charge is 0.255 e. The number of hydrogen-bond donors (Lipinski definition) is 1. The summed E-state index contributed by atoms with van der Waals surface area (Å²) in [4.78, 5) is 0. The predicted octanol–water partition coefficient (Wildman–Crippen LogP) is 1.26. The number of hydrogen-bond acceptors (Lipinski definition) is 3. The highest BCUT2D eigenvalue weighted by Gasteiger charge is 2.17. The van der Waals surface area contributed by atoms with Gasteiger partial charge < -0.3 is 9.63 Å². The van der Waals surface area contributed by atoms with Crippen LogP contribution in [-0.2, 0) is 12.8 Å². The van der Waals surface area contributed by atoms with Crippen molar-refractivity contribution in [3.05, 3.63) is 11.3 Å². The minimum Gasteiger partial charge on any atom is -0.491 e. The summed E-state index contributed by atoms with van der Waals surface area (Å²) >= 11 is 0. The lowest BCUT2D eigenvalue weighted by Gasteiger charge is -2.06. The third-order valence-corrected chi connectivity index (χ3v) is 1.93. The van der Waals surface area contributed by atoms with Crippen LogP contribution >= 0.6 is 0 Å². The normalized spacial score (nSPS) is 16.8. The van der Waals surface area contributed by atoms with Crippen molar-refractivity contribution in [3.63, 3.8) is 0 Å². The van der Waals surface area contributed by atoms with Crippen molar-refractivity contribution < 1.29 is 9.63 Å². The lowest BCUT2D eigenvalue weighted by Crippen LogP contribution is -1.98. The average Bonchev–Trinajstić information content (AvgIpc) is 2.34. The summed E-state index contributed by atoms with van der Waals surface area (Å²) in [5.74, 6) is 0.971. The van der Waals surface area contributed by atoms with Gasteiger partial charge in [-0.15, -0.1) is 0 Å². The van der Waals surface area contributed by atoms with E-state index >= 15 is 0 Å². The second kappa shape index (κ2) is 2.01. The molecule has 1 N–H and O–H groups in total. The Kier molecular flexibility index (Phi) is 1.16. The molecule has 1 aromatic heterocycles. The average molecular weight is 139 g/mol. The van der Waals surface area contributed by atoms with Crippen LogP contribution in [0.15, 0.2) is 4.52 Å². The molecule has 0 atom stereocenters. The van der Waals surface area contributed by atoms with Gasteiger partial charge in [-0.1, -0.05) is 0 Å². The van der Waals surface area contributed by atoms with Crippen LogP contribution in [0.1, 0.15) is 24.2 Å². The van der Waals surface area contributed by atoms with Gasteiger partial charge in [-0.05, 0) is 24.4 Å². The largest absolute Gasteiger partial charge is 0.491 e. The Morgan fingerprint density at radius 1 is 1.30 bits per heavy atom. The van der Waals surface area contributed by atoms with E-state index in [4.69, 9.17) is 9.63 Å². The summed E-state index contributed by atoms with van der Waals surface area (Å²) in [6.45, 7) is 0. The van der Waals surface area contributed by atoms with Crippen LogP contribution in [0.3, 0.4) is 0 Å². The van der Waals surface area contributed by atoms with E-state index in [0.29, 0.717) is 0 Å². The Balaban J connectivity index is 2.45. The highest BCUT2D eigenvalue weighted by Crippen LogP contribution is 2.27. The van der Waals surface area contributed by atoms with E-state index in [1.165, 1.54) is 0 Å². The molecule has 0 aromatic carbocycles. The highest BCUT2D eigenvalue weighted by atomic mass is 16.5. The maximum absolute atomic E-state index is 9.09. The summed E-state index contributed by atoms with van der Waals surface area (Å²) in [5.41, 5.74) is 0.922. The Bertz CT molecular complexity index is 242. The molecule has 0 spiro atoms. The molecule has 1 aliphatic carbocycles. The molecule has 0 unspecified atom stereocenters. The van der Waals surface area contributed by atoms with Gasteiger partial charge in [0.2, 0.25) is 0 Å². The summed E-state index contributed by atoms with van der Waals surface area (Å²) in [5, 5.41) is 12.6. The second-order valence-electron chi connectivity index (χ2n) is 2.62. The predicted molar refractivity (Wildman–Crippen MR) is 34.8 cm³/mol. The van der Waals surface area contributed by atoms with E-state index in [9.17, 15) is 0 Å². The zero-order valence-corrected chi connectivity index (χ0v) is 5.63. The molecule has 0 bridgehead atoms. The first-order chi connectivity index (χ1) is 4.88. The molecule has 1 aliphatic rings. The number of aromatic nitrogens is 1. The van der Waals surface area contributed by atoms with E-state index in [2.05, 4.69) is 5.16 Å². The van der Waals surface area contributed by atoms with Crippen LogP contribution in [0.4, 0.5) is 0 Å².